The molecule has 0 saturated carbocycles. The number of hydrogen-bond acceptors (Lipinski definition) is 8. The molecule has 0 bridgehead atoms. The molecule has 0 aliphatic carbocycles. The number of Topliss-reactive ketones (excluding diaryl/α,β-unsaturated/α-hetero) is 1. The first kappa shape index (κ1) is 20.7. The quantitative estimate of drug-likeness (QED) is 0.591. The van der Waals surface area contributed by atoms with Gasteiger partial charge in [0.25, 0.3) is 0 Å². The third-order valence-electron chi connectivity index (χ3n) is 5.47. The number of para-hydroxylation sites is 1. The molecule has 2 aromatic carbocycles. The Labute approximate surface area is 182 Å². The number of carbonyl (C=O) groups is 1. The maximum absolute atomic E-state index is 11.5. The van der Waals surface area contributed by atoms with Crippen LogP contribution >= 0.6 is 0 Å². The molecule has 0 radical (unpaired) electrons. The van der Waals surface area contributed by atoms with Crippen molar-refractivity contribution in [3.63, 3.8) is 0 Å². The number of aryl methyl sites for hydroxylation is 1. The first-order valence-corrected chi connectivity index (χ1v) is 10.4. The van der Waals surface area contributed by atoms with E-state index in [9.17, 15) is 4.79 Å². The fourth-order valence-electron chi connectivity index (χ4n) is 3.67. The van der Waals surface area contributed by atoms with Crippen LogP contribution in [-0.4, -0.2) is 51.8 Å². The van der Waals surface area contributed by atoms with Gasteiger partial charge in [0.1, 0.15) is 5.82 Å². The third-order valence-corrected chi connectivity index (χ3v) is 5.47. The van der Waals surface area contributed by atoms with Crippen LogP contribution in [-0.2, 0) is 6.54 Å². The lowest BCUT2D eigenvalue weighted by atomic mass is 10.1. The van der Waals surface area contributed by atoms with E-state index in [0.717, 1.165) is 48.7 Å². The predicted molar refractivity (Wildman–Crippen MR) is 123 cm³/mol. The van der Waals surface area contributed by atoms with Gasteiger partial charge in [0.05, 0.1) is 6.54 Å². The zero-order valence-corrected chi connectivity index (χ0v) is 17.9. The zero-order chi connectivity index (χ0) is 21.8. The Morgan fingerprint density at radius 1 is 1.00 bits per heavy atom. The Kier molecular flexibility index (Phi) is 6.08. The normalized spacial score (nSPS) is 14.5. The molecule has 0 amide bonds. The first-order chi connectivity index (χ1) is 15.0. The van der Waals surface area contributed by atoms with Crippen LogP contribution in [0, 0.1) is 6.92 Å². The van der Waals surface area contributed by atoms with Gasteiger partial charge in [-0.3, -0.25) is 9.69 Å². The second-order valence-corrected chi connectivity index (χ2v) is 7.74. The van der Waals surface area contributed by atoms with E-state index in [4.69, 9.17) is 5.73 Å². The van der Waals surface area contributed by atoms with Gasteiger partial charge in [-0.1, -0.05) is 18.2 Å². The first-order valence-electron chi connectivity index (χ1n) is 10.4. The summed E-state index contributed by atoms with van der Waals surface area (Å²) in [6, 6.07) is 15.8. The van der Waals surface area contributed by atoms with Gasteiger partial charge < -0.3 is 16.0 Å². The van der Waals surface area contributed by atoms with E-state index in [2.05, 4.69) is 30.1 Å². The number of piperazine rings is 1. The number of ketones is 1. The van der Waals surface area contributed by atoms with Crippen molar-refractivity contribution in [2.24, 2.45) is 0 Å². The lowest BCUT2D eigenvalue weighted by Crippen LogP contribution is -2.46. The summed E-state index contributed by atoms with van der Waals surface area (Å²) in [6.07, 6.45) is 0. The number of hydrogen-bond donors (Lipinski definition) is 2. The highest BCUT2D eigenvalue weighted by atomic mass is 16.1. The Bertz CT molecular complexity index is 1060. The molecule has 1 aromatic heterocycles. The van der Waals surface area contributed by atoms with E-state index in [1.807, 2.05) is 55.5 Å². The average molecular weight is 418 g/mol. The van der Waals surface area contributed by atoms with Crippen molar-refractivity contribution in [3.05, 3.63) is 65.5 Å². The average Bonchev–Trinajstić information content (AvgIpc) is 2.76. The molecule has 8 heteroatoms. The second-order valence-electron chi connectivity index (χ2n) is 7.74. The summed E-state index contributed by atoms with van der Waals surface area (Å²) < 4.78 is 0. The lowest BCUT2D eigenvalue weighted by molar-refractivity contribution is 0.101. The van der Waals surface area contributed by atoms with Gasteiger partial charge in [0, 0.05) is 43.1 Å². The monoisotopic (exact) mass is 417 g/mol. The molecule has 1 saturated heterocycles. The van der Waals surface area contributed by atoms with Crippen LogP contribution in [0.25, 0.3) is 0 Å². The number of nitrogen functional groups attached to an aromatic ring is 1. The largest absolute Gasteiger partial charge is 0.369 e. The molecular formula is C23H27N7O. The highest BCUT2D eigenvalue weighted by molar-refractivity contribution is 5.94. The number of anilines is 4. The fraction of sp³-hybridized carbons (Fsp3) is 0.304. The number of nitrogens with zero attached hydrogens (tertiary/aromatic N) is 5. The minimum Gasteiger partial charge on any atom is -0.369 e. The number of nitrogens with two attached hydrogens (primary N) is 1. The lowest BCUT2D eigenvalue weighted by Gasteiger charge is -2.35. The molecule has 1 aliphatic rings. The third kappa shape index (κ3) is 5.16. The molecule has 3 aromatic rings. The fourth-order valence-corrected chi connectivity index (χ4v) is 3.67. The summed E-state index contributed by atoms with van der Waals surface area (Å²) in [7, 11) is 0. The van der Waals surface area contributed by atoms with Crippen molar-refractivity contribution in [1.29, 1.82) is 0 Å². The molecule has 8 nitrogen and oxygen atoms in total. The van der Waals surface area contributed by atoms with Crippen LogP contribution in [0.5, 0.6) is 0 Å². The Morgan fingerprint density at radius 3 is 2.39 bits per heavy atom. The molecule has 160 valence electrons. The summed E-state index contributed by atoms with van der Waals surface area (Å²) in [4.78, 5) is 29.2. The van der Waals surface area contributed by atoms with Gasteiger partial charge in [-0.15, -0.1) is 0 Å². The number of rotatable bonds is 6. The van der Waals surface area contributed by atoms with Crippen LogP contribution in [0.1, 0.15) is 28.7 Å². The van der Waals surface area contributed by atoms with Gasteiger partial charge in [0.2, 0.25) is 11.9 Å². The van der Waals surface area contributed by atoms with Crippen LogP contribution in [0.3, 0.4) is 0 Å². The minimum absolute atomic E-state index is 0.0873. The maximum atomic E-state index is 11.5. The summed E-state index contributed by atoms with van der Waals surface area (Å²) in [5.74, 6) is 1.42. The summed E-state index contributed by atoms with van der Waals surface area (Å²) in [5.41, 5.74) is 9.87. The maximum Gasteiger partial charge on any atom is 0.232 e. The predicted octanol–water partition coefficient (Wildman–Crippen LogP) is 3.03. The van der Waals surface area contributed by atoms with Crippen LogP contribution in [0.4, 0.5) is 23.3 Å². The van der Waals surface area contributed by atoms with Crippen LogP contribution in [0.2, 0.25) is 0 Å². The highest BCUT2D eigenvalue weighted by Gasteiger charge is 2.19. The smallest absolute Gasteiger partial charge is 0.232 e. The van der Waals surface area contributed by atoms with Crippen molar-refractivity contribution in [1.82, 2.24) is 19.9 Å². The summed E-state index contributed by atoms with van der Waals surface area (Å²) in [5, 5.41) is 3.24. The molecule has 4 rings (SSSR count). The van der Waals surface area contributed by atoms with Crippen LogP contribution in [0.15, 0.2) is 48.5 Å². The van der Waals surface area contributed by atoms with Crippen molar-refractivity contribution >= 4 is 29.1 Å². The van der Waals surface area contributed by atoms with Gasteiger partial charge in [-0.25, -0.2) is 0 Å². The van der Waals surface area contributed by atoms with Crippen molar-refractivity contribution in [2.45, 2.75) is 20.4 Å². The Hall–Kier alpha value is -3.52. The molecule has 1 aliphatic heterocycles. The number of benzene rings is 2. The van der Waals surface area contributed by atoms with E-state index in [-0.39, 0.29) is 11.7 Å². The molecule has 0 atom stereocenters. The molecule has 1 fully saturated rings. The van der Waals surface area contributed by atoms with E-state index in [1.165, 1.54) is 0 Å². The number of carbonyl (C=O) groups excluding carboxylic acids is 1. The molecule has 0 spiro atoms. The van der Waals surface area contributed by atoms with Crippen molar-refractivity contribution < 1.29 is 4.79 Å². The Balaban J connectivity index is 1.37. The van der Waals surface area contributed by atoms with Gasteiger partial charge in [0.15, 0.2) is 5.78 Å². The van der Waals surface area contributed by atoms with Gasteiger partial charge >= 0.3 is 0 Å². The topological polar surface area (TPSA) is 100 Å². The van der Waals surface area contributed by atoms with Crippen molar-refractivity contribution in [2.75, 3.05) is 42.1 Å². The number of nitrogens with one attached hydrogen (secondary N) is 1. The van der Waals surface area contributed by atoms with E-state index >= 15 is 0 Å². The molecule has 31 heavy (non-hydrogen) atoms. The van der Waals surface area contributed by atoms with Crippen LogP contribution < -0.4 is 16.0 Å². The SMILES string of the molecule is CC(=O)c1ccc(N2CCN(Cc3nc(N)nc(Nc4ccccc4C)n3)CC2)cc1. The van der Waals surface area contributed by atoms with Gasteiger partial charge in [-0.05, 0) is 49.7 Å². The zero-order valence-electron chi connectivity index (χ0n) is 17.9. The van der Waals surface area contributed by atoms with Crippen molar-refractivity contribution in [3.8, 4) is 0 Å². The standard InChI is InChI=1S/C23H27N7O/c1-16-5-3-4-6-20(16)25-23-27-21(26-22(24)28-23)15-29-11-13-30(14-12-29)19-9-7-18(8-10-19)17(2)31/h3-10H,11-15H2,1-2H3,(H3,24,25,26,27,28). The molecule has 0 unspecified atom stereocenters. The summed E-state index contributed by atoms with van der Waals surface area (Å²) >= 11 is 0. The summed E-state index contributed by atoms with van der Waals surface area (Å²) in [6.45, 7) is 7.81. The van der Waals surface area contributed by atoms with E-state index < -0.39 is 0 Å². The van der Waals surface area contributed by atoms with E-state index in [0.29, 0.717) is 18.3 Å². The number of aromatic nitrogens is 3. The molecular weight excluding hydrogens is 390 g/mol. The second kappa shape index (κ2) is 9.09. The van der Waals surface area contributed by atoms with E-state index in [1.54, 1.807) is 6.92 Å². The minimum atomic E-state index is 0.0873. The molecule has 3 N–H and O–H groups in total. The highest BCUT2D eigenvalue weighted by Crippen LogP contribution is 2.20. The molecule has 2 heterocycles. The van der Waals surface area contributed by atoms with Gasteiger partial charge in [-0.2, -0.15) is 15.0 Å². The Morgan fingerprint density at radius 2 is 1.71 bits per heavy atom.